The quantitative estimate of drug-likeness (QED) is 0.467. The molecular formula is C21H14FN5S. The predicted octanol–water partition coefficient (Wildman–Crippen LogP) is 4.63. The maximum atomic E-state index is 13.4. The zero-order valence-electron chi connectivity index (χ0n) is 14.7. The number of rotatable bonds is 5. The number of halogens is 1. The Bertz CT molecular complexity index is 1130. The van der Waals surface area contributed by atoms with Crippen LogP contribution in [0.4, 0.5) is 4.39 Å². The van der Waals surface area contributed by atoms with Crippen LogP contribution in [0.2, 0.25) is 0 Å². The van der Waals surface area contributed by atoms with Gasteiger partial charge in [0.1, 0.15) is 5.82 Å². The molecule has 0 saturated heterocycles. The van der Waals surface area contributed by atoms with E-state index < -0.39 is 0 Å². The topological polar surface area (TPSA) is 67.4 Å². The van der Waals surface area contributed by atoms with Gasteiger partial charge < -0.3 is 0 Å². The van der Waals surface area contributed by atoms with E-state index in [0.717, 1.165) is 16.8 Å². The third-order valence-corrected chi connectivity index (χ3v) is 5.08. The highest BCUT2D eigenvalue weighted by molar-refractivity contribution is 7.98. The fourth-order valence-electron chi connectivity index (χ4n) is 2.75. The van der Waals surface area contributed by atoms with Gasteiger partial charge in [-0.2, -0.15) is 5.26 Å². The molecule has 2 heterocycles. The molecule has 0 atom stereocenters. The van der Waals surface area contributed by atoms with Crippen LogP contribution in [-0.4, -0.2) is 19.7 Å². The fourth-order valence-corrected chi connectivity index (χ4v) is 3.65. The van der Waals surface area contributed by atoms with Crippen molar-refractivity contribution in [2.24, 2.45) is 0 Å². The third-order valence-electron chi connectivity index (χ3n) is 4.08. The standard InChI is InChI=1S/C21H14FN5S/c22-18-4-6-19(7-5-18)27-20(17-8-10-24-11-9-17)25-26-21(27)28-14-16-3-1-2-15(12-16)13-23/h1-12H,14H2. The zero-order chi connectivity index (χ0) is 19.3. The molecule has 0 radical (unpaired) electrons. The number of nitriles is 1. The van der Waals surface area contributed by atoms with Gasteiger partial charge in [0.25, 0.3) is 0 Å². The molecule has 0 unspecified atom stereocenters. The van der Waals surface area contributed by atoms with Gasteiger partial charge in [0, 0.05) is 29.4 Å². The number of thioether (sulfide) groups is 1. The summed E-state index contributed by atoms with van der Waals surface area (Å²) in [5.41, 5.74) is 3.27. The maximum Gasteiger partial charge on any atom is 0.196 e. The Morgan fingerprint density at radius 2 is 1.79 bits per heavy atom. The van der Waals surface area contributed by atoms with Gasteiger partial charge in [-0.25, -0.2) is 4.39 Å². The first kappa shape index (κ1) is 17.9. The molecule has 0 saturated carbocycles. The van der Waals surface area contributed by atoms with Crippen molar-refractivity contribution in [3.05, 3.63) is 90.0 Å². The number of hydrogen-bond acceptors (Lipinski definition) is 5. The highest BCUT2D eigenvalue weighted by atomic mass is 32.2. The molecule has 4 aromatic rings. The molecule has 0 spiro atoms. The van der Waals surface area contributed by atoms with E-state index in [1.165, 1.54) is 23.9 Å². The lowest BCUT2D eigenvalue weighted by Crippen LogP contribution is -2.00. The lowest BCUT2D eigenvalue weighted by Gasteiger charge is -2.10. The van der Waals surface area contributed by atoms with Crippen LogP contribution in [0.1, 0.15) is 11.1 Å². The number of aromatic nitrogens is 4. The summed E-state index contributed by atoms with van der Waals surface area (Å²) in [5.74, 6) is 0.984. The molecule has 0 bridgehead atoms. The number of hydrogen-bond donors (Lipinski definition) is 0. The predicted molar refractivity (Wildman–Crippen MR) is 105 cm³/mol. The zero-order valence-corrected chi connectivity index (χ0v) is 15.5. The molecular weight excluding hydrogens is 373 g/mol. The molecule has 4 rings (SSSR count). The second-order valence-electron chi connectivity index (χ2n) is 5.95. The van der Waals surface area contributed by atoms with E-state index in [-0.39, 0.29) is 5.82 Å². The summed E-state index contributed by atoms with van der Waals surface area (Å²) in [6.07, 6.45) is 3.39. The van der Waals surface area contributed by atoms with Crippen molar-refractivity contribution < 1.29 is 4.39 Å². The molecule has 2 aromatic carbocycles. The van der Waals surface area contributed by atoms with Crippen LogP contribution >= 0.6 is 11.8 Å². The van der Waals surface area contributed by atoms with Gasteiger partial charge in [-0.15, -0.1) is 10.2 Å². The molecule has 0 aliphatic rings. The molecule has 28 heavy (non-hydrogen) atoms. The van der Waals surface area contributed by atoms with Crippen molar-refractivity contribution in [3.63, 3.8) is 0 Å². The highest BCUT2D eigenvalue weighted by Crippen LogP contribution is 2.29. The number of nitrogens with zero attached hydrogens (tertiary/aromatic N) is 5. The van der Waals surface area contributed by atoms with Crippen molar-refractivity contribution in [1.82, 2.24) is 19.7 Å². The van der Waals surface area contributed by atoms with E-state index in [2.05, 4.69) is 21.3 Å². The smallest absolute Gasteiger partial charge is 0.196 e. The first-order chi connectivity index (χ1) is 13.7. The summed E-state index contributed by atoms with van der Waals surface area (Å²) < 4.78 is 15.3. The van der Waals surface area contributed by atoms with Crippen LogP contribution < -0.4 is 0 Å². The van der Waals surface area contributed by atoms with Gasteiger partial charge in [0.2, 0.25) is 0 Å². The second kappa shape index (κ2) is 8.03. The monoisotopic (exact) mass is 387 g/mol. The minimum atomic E-state index is -0.301. The molecule has 136 valence electrons. The lowest BCUT2D eigenvalue weighted by atomic mass is 10.2. The molecule has 7 heteroatoms. The first-order valence-electron chi connectivity index (χ1n) is 8.48. The molecule has 0 aliphatic heterocycles. The fraction of sp³-hybridized carbons (Fsp3) is 0.0476. The molecule has 0 aliphatic carbocycles. The van der Waals surface area contributed by atoms with E-state index in [1.807, 2.05) is 34.9 Å². The molecule has 2 aromatic heterocycles. The summed E-state index contributed by atoms with van der Waals surface area (Å²) in [6, 6.07) is 19.5. The van der Waals surface area contributed by atoms with Crippen molar-refractivity contribution in [2.45, 2.75) is 10.9 Å². The van der Waals surface area contributed by atoms with Crippen molar-refractivity contribution in [1.29, 1.82) is 5.26 Å². The minimum Gasteiger partial charge on any atom is -0.270 e. The van der Waals surface area contributed by atoms with E-state index in [9.17, 15) is 4.39 Å². The van der Waals surface area contributed by atoms with Crippen LogP contribution in [-0.2, 0) is 5.75 Å². The SMILES string of the molecule is N#Cc1cccc(CSc2nnc(-c3ccncc3)n2-c2ccc(F)cc2)c1. The molecule has 0 fully saturated rings. The van der Waals surface area contributed by atoms with Crippen LogP contribution in [0.3, 0.4) is 0 Å². The van der Waals surface area contributed by atoms with Gasteiger partial charge in [-0.3, -0.25) is 9.55 Å². The lowest BCUT2D eigenvalue weighted by molar-refractivity contribution is 0.627. The molecule has 0 N–H and O–H groups in total. The Kier molecular flexibility index (Phi) is 5.13. The van der Waals surface area contributed by atoms with E-state index >= 15 is 0 Å². The van der Waals surface area contributed by atoms with Gasteiger partial charge in [0.15, 0.2) is 11.0 Å². The van der Waals surface area contributed by atoms with Crippen LogP contribution in [0, 0.1) is 17.1 Å². The van der Waals surface area contributed by atoms with Gasteiger partial charge in [0.05, 0.1) is 11.6 Å². The normalized spacial score (nSPS) is 10.6. The van der Waals surface area contributed by atoms with Crippen LogP contribution in [0.5, 0.6) is 0 Å². The summed E-state index contributed by atoms with van der Waals surface area (Å²) >= 11 is 1.50. The molecule has 5 nitrogen and oxygen atoms in total. The first-order valence-corrected chi connectivity index (χ1v) is 9.47. The number of benzene rings is 2. The maximum absolute atomic E-state index is 13.4. The summed E-state index contributed by atoms with van der Waals surface area (Å²) in [7, 11) is 0. The highest BCUT2D eigenvalue weighted by Gasteiger charge is 2.16. The average molecular weight is 387 g/mol. The van der Waals surface area contributed by atoms with Gasteiger partial charge in [-0.1, -0.05) is 23.9 Å². The summed E-state index contributed by atoms with van der Waals surface area (Å²) in [4.78, 5) is 4.05. The van der Waals surface area contributed by atoms with E-state index in [4.69, 9.17) is 5.26 Å². The Balaban J connectivity index is 1.71. The summed E-state index contributed by atoms with van der Waals surface area (Å²) in [6.45, 7) is 0. The van der Waals surface area contributed by atoms with Crippen LogP contribution in [0.25, 0.3) is 17.1 Å². The van der Waals surface area contributed by atoms with Crippen LogP contribution in [0.15, 0.2) is 78.2 Å². The second-order valence-corrected chi connectivity index (χ2v) is 6.90. The Labute approximate surface area is 165 Å². The van der Waals surface area contributed by atoms with E-state index in [0.29, 0.717) is 22.3 Å². The van der Waals surface area contributed by atoms with Crippen molar-refractivity contribution in [3.8, 4) is 23.1 Å². The van der Waals surface area contributed by atoms with Crippen molar-refractivity contribution in [2.75, 3.05) is 0 Å². The summed E-state index contributed by atoms with van der Waals surface area (Å²) in [5, 5.41) is 18.4. The average Bonchev–Trinajstić information content (AvgIpc) is 3.17. The largest absolute Gasteiger partial charge is 0.270 e. The number of pyridine rings is 1. The Morgan fingerprint density at radius 1 is 1.00 bits per heavy atom. The van der Waals surface area contributed by atoms with Crippen molar-refractivity contribution >= 4 is 11.8 Å². The van der Waals surface area contributed by atoms with Gasteiger partial charge >= 0.3 is 0 Å². The van der Waals surface area contributed by atoms with E-state index in [1.54, 1.807) is 30.6 Å². The minimum absolute atomic E-state index is 0.301. The Hall–Kier alpha value is -3.50. The Morgan fingerprint density at radius 3 is 2.54 bits per heavy atom. The van der Waals surface area contributed by atoms with Gasteiger partial charge in [-0.05, 0) is 54.1 Å². The third kappa shape index (κ3) is 3.77. The molecule has 0 amide bonds.